The van der Waals surface area contributed by atoms with E-state index in [0.29, 0.717) is 41.4 Å². The summed E-state index contributed by atoms with van der Waals surface area (Å²) >= 11 is 0. The van der Waals surface area contributed by atoms with Crippen molar-refractivity contribution in [1.82, 2.24) is 24.3 Å². The number of ether oxygens (including phenoxy) is 2. The summed E-state index contributed by atoms with van der Waals surface area (Å²) in [6.45, 7) is 5.93. The zero-order valence-corrected chi connectivity index (χ0v) is 20.3. The maximum Gasteiger partial charge on any atom is 0.254 e. The molecule has 0 radical (unpaired) electrons. The van der Waals surface area contributed by atoms with E-state index in [-0.39, 0.29) is 5.91 Å². The smallest absolute Gasteiger partial charge is 0.254 e. The average Bonchev–Trinajstić information content (AvgIpc) is 3.62. The fraction of sp³-hybridized carbons (Fsp3) is 0.480. The Bertz CT molecular complexity index is 1210. The molecule has 1 aliphatic carbocycles. The highest BCUT2D eigenvalue weighted by Gasteiger charge is 2.24. The number of aryl methyl sites for hydroxylation is 2. The summed E-state index contributed by atoms with van der Waals surface area (Å²) in [5, 5.41) is 4.21. The molecule has 1 aliphatic heterocycles. The van der Waals surface area contributed by atoms with Gasteiger partial charge in [-0.05, 0) is 56.5 Å². The van der Waals surface area contributed by atoms with Crippen LogP contribution in [0.1, 0.15) is 28.8 Å². The molecule has 1 amide bonds. The molecule has 0 unspecified atom stereocenters. The van der Waals surface area contributed by atoms with Crippen LogP contribution in [0.3, 0.4) is 0 Å². The van der Waals surface area contributed by atoms with Crippen molar-refractivity contribution in [2.75, 3.05) is 52.3 Å². The Hall–Kier alpha value is -3.33. The number of benzene rings is 1. The first-order chi connectivity index (χ1) is 16.4. The third-order valence-electron chi connectivity index (χ3n) is 6.61. The molecule has 0 bridgehead atoms. The first-order valence-corrected chi connectivity index (χ1v) is 11.8. The van der Waals surface area contributed by atoms with Gasteiger partial charge in [-0.15, -0.1) is 0 Å². The molecular formula is C25H32N6O3. The van der Waals surface area contributed by atoms with E-state index in [1.807, 2.05) is 41.8 Å². The molecule has 2 aromatic heterocycles. The predicted molar refractivity (Wildman–Crippen MR) is 131 cm³/mol. The zero-order valence-electron chi connectivity index (χ0n) is 20.3. The lowest BCUT2D eigenvalue weighted by molar-refractivity contribution is 0.0664. The lowest BCUT2D eigenvalue weighted by Crippen LogP contribution is -2.47. The van der Waals surface area contributed by atoms with Crippen LogP contribution in [0.15, 0.2) is 24.4 Å². The van der Waals surface area contributed by atoms with E-state index in [0.717, 1.165) is 42.8 Å². The van der Waals surface area contributed by atoms with Gasteiger partial charge in [-0.2, -0.15) is 9.97 Å². The second-order valence-corrected chi connectivity index (χ2v) is 9.36. The molecule has 1 saturated carbocycles. The molecule has 180 valence electrons. The van der Waals surface area contributed by atoms with Gasteiger partial charge in [0.1, 0.15) is 11.4 Å². The van der Waals surface area contributed by atoms with E-state index in [4.69, 9.17) is 19.4 Å². The maximum absolute atomic E-state index is 13.0. The van der Waals surface area contributed by atoms with Crippen LogP contribution in [0, 0.1) is 12.8 Å². The Morgan fingerprint density at radius 3 is 2.62 bits per heavy atom. The number of aromatic nitrogens is 3. The number of carbonyl (C=O) groups excluding carboxylic acids is 1. The van der Waals surface area contributed by atoms with Crippen LogP contribution in [0.2, 0.25) is 0 Å². The van der Waals surface area contributed by atoms with Gasteiger partial charge in [0.2, 0.25) is 11.8 Å². The van der Waals surface area contributed by atoms with Gasteiger partial charge >= 0.3 is 0 Å². The number of hydrogen-bond acceptors (Lipinski definition) is 7. The number of piperazine rings is 1. The molecule has 34 heavy (non-hydrogen) atoms. The Kier molecular flexibility index (Phi) is 6.03. The van der Waals surface area contributed by atoms with Gasteiger partial charge in [0.25, 0.3) is 5.91 Å². The highest BCUT2D eigenvalue weighted by molar-refractivity contribution is 5.95. The molecule has 3 aromatic rings. The third kappa shape index (κ3) is 4.52. The van der Waals surface area contributed by atoms with Crippen LogP contribution in [0.4, 0.5) is 11.6 Å². The van der Waals surface area contributed by atoms with Gasteiger partial charge in [0.05, 0.1) is 24.8 Å². The number of methoxy groups -OCH3 is 1. The van der Waals surface area contributed by atoms with E-state index in [1.54, 1.807) is 13.2 Å². The van der Waals surface area contributed by atoms with Gasteiger partial charge in [-0.25, -0.2) is 0 Å². The fourth-order valence-electron chi connectivity index (χ4n) is 4.33. The molecule has 0 spiro atoms. The van der Waals surface area contributed by atoms with E-state index in [2.05, 4.69) is 17.3 Å². The van der Waals surface area contributed by atoms with Gasteiger partial charge in [0.15, 0.2) is 0 Å². The van der Waals surface area contributed by atoms with Crippen molar-refractivity contribution in [3.63, 3.8) is 0 Å². The van der Waals surface area contributed by atoms with E-state index in [9.17, 15) is 4.79 Å². The van der Waals surface area contributed by atoms with Gasteiger partial charge < -0.3 is 29.2 Å². The van der Waals surface area contributed by atoms with E-state index < -0.39 is 0 Å². The van der Waals surface area contributed by atoms with Gasteiger partial charge in [0, 0.05) is 45.0 Å². The third-order valence-corrected chi connectivity index (χ3v) is 6.61. The molecule has 2 fully saturated rings. The van der Waals surface area contributed by atoms with Crippen LogP contribution >= 0.6 is 0 Å². The number of likely N-dealkylation sites (N-methyl/N-ethyl adjacent to an activating group) is 1. The number of nitrogens with zero attached hydrogens (tertiary/aromatic N) is 5. The van der Waals surface area contributed by atoms with Crippen LogP contribution in [-0.2, 0) is 7.05 Å². The predicted octanol–water partition coefficient (Wildman–Crippen LogP) is 3.21. The number of carbonyl (C=O) groups is 1. The number of amides is 1. The monoisotopic (exact) mass is 464 g/mol. The van der Waals surface area contributed by atoms with Crippen LogP contribution in [-0.4, -0.2) is 77.2 Å². The fourth-order valence-corrected chi connectivity index (χ4v) is 4.33. The van der Waals surface area contributed by atoms with Gasteiger partial charge in [-0.1, -0.05) is 0 Å². The molecule has 9 nitrogen and oxygen atoms in total. The Labute approximate surface area is 199 Å². The maximum atomic E-state index is 13.0. The first-order valence-electron chi connectivity index (χ1n) is 11.8. The van der Waals surface area contributed by atoms with Crippen molar-refractivity contribution in [3.8, 4) is 11.6 Å². The summed E-state index contributed by atoms with van der Waals surface area (Å²) in [6, 6.07) is 5.44. The highest BCUT2D eigenvalue weighted by Crippen LogP contribution is 2.34. The SMILES string of the molecule is COc1cc(C(=O)N2CCN(C)CC2)ccc1Nc1nc(OCC2CC2)c2c(C)cn(C)c2n1. The van der Waals surface area contributed by atoms with Crippen molar-refractivity contribution in [2.24, 2.45) is 13.0 Å². The summed E-state index contributed by atoms with van der Waals surface area (Å²) in [5.41, 5.74) is 3.19. The number of anilines is 2. The molecule has 9 heteroatoms. The van der Waals surface area contributed by atoms with Crippen LogP contribution < -0.4 is 14.8 Å². The average molecular weight is 465 g/mol. The minimum atomic E-state index is 0.0191. The second-order valence-electron chi connectivity index (χ2n) is 9.36. The van der Waals surface area contributed by atoms with Crippen LogP contribution in [0.25, 0.3) is 11.0 Å². The largest absolute Gasteiger partial charge is 0.495 e. The summed E-state index contributed by atoms with van der Waals surface area (Å²) in [7, 11) is 5.64. The van der Waals surface area contributed by atoms with Crippen molar-refractivity contribution < 1.29 is 14.3 Å². The minimum Gasteiger partial charge on any atom is -0.495 e. The molecule has 1 N–H and O–H groups in total. The second kappa shape index (κ2) is 9.13. The van der Waals surface area contributed by atoms with Crippen molar-refractivity contribution >= 4 is 28.6 Å². The Balaban J connectivity index is 1.41. The summed E-state index contributed by atoms with van der Waals surface area (Å²) in [5.74, 6) is 2.23. The minimum absolute atomic E-state index is 0.0191. The number of hydrogen-bond donors (Lipinski definition) is 1. The zero-order chi connectivity index (χ0) is 23.8. The van der Waals surface area contributed by atoms with Crippen molar-refractivity contribution in [1.29, 1.82) is 0 Å². The Morgan fingerprint density at radius 2 is 1.91 bits per heavy atom. The summed E-state index contributed by atoms with van der Waals surface area (Å²) < 4.78 is 13.7. The molecule has 0 atom stereocenters. The molecule has 1 saturated heterocycles. The first kappa shape index (κ1) is 22.5. The lowest BCUT2D eigenvalue weighted by Gasteiger charge is -2.32. The topological polar surface area (TPSA) is 84.8 Å². The normalized spacial score (nSPS) is 16.6. The quantitative estimate of drug-likeness (QED) is 0.575. The molecule has 2 aliphatic rings. The standard InChI is InChI=1S/C25H32N6O3/c1-16-14-30(3)22-21(16)23(34-15-17-5-6-17)28-25(27-22)26-19-8-7-18(13-20(19)33-4)24(32)31-11-9-29(2)10-12-31/h7-8,13-14,17H,5-6,9-12,15H2,1-4H3,(H,26,27,28). The van der Waals surface area contributed by atoms with Crippen molar-refractivity contribution in [2.45, 2.75) is 19.8 Å². The van der Waals surface area contributed by atoms with E-state index in [1.165, 1.54) is 12.8 Å². The number of rotatable bonds is 7. The highest BCUT2D eigenvalue weighted by atomic mass is 16.5. The van der Waals surface area contributed by atoms with Crippen molar-refractivity contribution in [3.05, 3.63) is 35.5 Å². The number of nitrogens with one attached hydrogen (secondary N) is 1. The summed E-state index contributed by atoms with van der Waals surface area (Å²) in [6.07, 6.45) is 4.46. The lowest BCUT2D eigenvalue weighted by atomic mass is 10.1. The molecule has 5 rings (SSSR count). The molecule has 1 aromatic carbocycles. The molecule has 3 heterocycles. The molecular weight excluding hydrogens is 432 g/mol. The Morgan fingerprint density at radius 1 is 1.15 bits per heavy atom. The van der Waals surface area contributed by atoms with E-state index >= 15 is 0 Å². The number of fused-ring (bicyclic) bond motifs is 1. The van der Waals surface area contributed by atoms with Gasteiger partial charge in [-0.3, -0.25) is 4.79 Å². The summed E-state index contributed by atoms with van der Waals surface area (Å²) in [4.78, 5) is 26.5. The van der Waals surface area contributed by atoms with Crippen LogP contribution in [0.5, 0.6) is 11.6 Å².